The number of ether oxygens (including phenoxy) is 1. The highest BCUT2D eigenvalue weighted by molar-refractivity contribution is 7.12. The van der Waals surface area contributed by atoms with Gasteiger partial charge in [-0.15, -0.1) is 11.3 Å². The Morgan fingerprint density at radius 3 is 2.62 bits per heavy atom. The predicted octanol–water partition coefficient (Wildman–Crippen LogP) is 7.23. The second-order valence-electron chi connectivity index (χ2n) is 7.00. The summed E-state index contributed by atoms with van der Waals surface area (Å²) in [7, 11) is 1.49. The number of hydrogen-bond donors (Lipinski definition) is 2. The molecule has 4 rings (SSSR count). The summed E-state index contributed by atoms with van der Waals surface area (Å²) in [6, 6.07) is 17.1. The van der Waals surface area contributed by atoms with Crippen LogP contribution in [0.5, 0.6) is 5.75 Å². The molecule has 0 radical (unpaired) electrons. The highest BCUT2D eigenvalue weighted by atomic mass is 35.5. The number of halogens is 2. The molecule has 172 valence electrons. The smallest absolute Gasteiger partial charge is 0.265 e. The van der Waals surface area contributed by atoms with Gasteiger partial charge in [0.1, 0.15) is 17.3 Å². The van der Waals surface area contributed by atoms with Crippen molar-refractivity contribution in [1.82, 2.24) is 0 Å². The van der Waals surface area contributed by atoms with Crippen molar-refractivity contribution in [2.45, 2.75) is 0 Å². The van der Waals surface area contributed by atoms with Crippen molar-refractivity contribution in [2.75, 3.05) is 17.7 Å². The van der Waals surface area contributed by atoms with E-state index in [-0.39, 0.29) is 11.8 Å². The van der Waals surface area contributed by atoms with E-state index < -0.39 is 0 Å². The normalized spacial score (nSPS) is 10.9. The van der Waals surface area contributed by atoms with Gasteiger partial charge in [-0.1, -0.05) is 29.3 Å². The summed E-state index contributed by atoms with van der Waals surface area (Å²) in [5.41, 5.74) is 1.71. The van der Waals surface area contributed by atoms with E-state index >= 15 is 0 Å². The van der Waals surface area contributed by atoms with Crippen LogP contribution in [0.3, 0.4) is 0 Å². The molecule has 2 aromatic heterocycles. The van der Waals surface area contributed by atoms with Crippen LogP contribution in [0.1, 0.15) is 15.4 Å². The van der Waals surface area contributed by atoms with E-state index in [4.69, 9.17) is 32.4 Å². The Morgan fingerprint density at radius 2 is 1.88 bits per heavy atom. The maximum Gasteiger partial charge on any atom is 0.265 e. The molecule has 0 fully saturated rings. The van der Waals surface area contributed by atoms with Crippen molar-refractivity contribution in [1.29, 1.82) is 0 Å². The maximum atomic E-state index is 12.4. The first-order chi connectivity index (χ1) is 16.4. The standard InChI is InChI=1S/C25H18Cl2N2O4S/c1-32-22-14-16(5-9-20(22)29-25(31)23-3-2-12-34-23)28-24(30)11-7-17-6-10-21(33-17)18-8-4-15(26)13-19(18)27/h2-14H,1H3,(H,28,30)(H,29,31)/b11-7+. The molecular formula is C25H18Cl2N2O4S. The Kier molecular flexibility index (Phi) is 7.37. The molecule has 0 bridgehead atoms. The molecule has 0 saturated carbocycles. The van der Waals surface area contributed by atoms with Gasteiger partial charge >= 0.3 is 0 Å². The van der Waals surface area contributed by atoms with Gasteiger partial charge in [0.2, 0.25) is 5.91 Å². The van der Waals surface area contributed by atoms with Crippen molar-refractivity contribution in [2.24, 2.45) is 0 Å². The lowest BCUT2D eigenvalue weighted by Gasteiger charge is -2.11. The number of nitrogens with one attached hydrogen (secondary N) is 2. The zero-order valence-corrected chi connectivity index (χ0v) is 20.1. The van der Waals surface area contributed by atoms with Crippen LogP contribution in [-0.2, 0) is 4.79 Å². The number of rotatable bonds is 7. The monoisotopic (exact) mass is 512 g/mol. The van der Waals surface area contributed by atoms with Crippen molar-refractivity contribution in [3.05, 3.63) is 92.8 Å². The molecule has 34 heavy (non-hydrogen) atoms. The van der Waals surface area contributed by atoms with E-state index in [1.807, 2.05) is 5.38 Å². The van der Waals surface area contributed by atoms with E-state index in [1.54, 1.807) is 66.7 Å². The zero-order chi connectivity index (χ0) is 24.1. The summed E-state index contributed by atoms with van der Waals surface area (Å²) in [6.45, 7) is 0. The molecular weight excluding hydrogens is 495 g/mol. The first kappa shape index (κ1) is 23.6. The van der Waals surface area contributed by atoms with Gasteiger partial charge in [-0.2, -0.15) is 0 Å². The van der Waals surface area contributed by atoms with Crippen LogP contribution in [0.4, 0.5) is 11.4 Å². The number of hydrogen-bond acceptors (Lipinski definition) is 5. The molecule has 0 atom stereocenters. The summed E-state index contributed by atoms with van der Waals surface area (Å²) in [5, 5.41) is 8.39. The molecule has 2 heterocycles. The van der Waals surface area contributed by atoms with Crippen LogP contribution in [0.15, 0.2) is 76.5 Å². The average Bonchev–Trinajstić information content (AvgIpc) is 3.51. The minimum Gasteiger partial charge on any atom is -0.494 e. The number of benzene rings is 2. The topological polar surface area (TPSA) is 80.6 Å². The Morgan fingerprint density at radius 1 is 1.03 bits per heavy atom. The molecule has 4 aromatic rings. The van der Waals surface area contributed by atoms with Gasteiger partial charge in [-0.25, -0.2) is 0 Å². The molecule has 0 aliphatic rings. The molecule has 2 amide bonds. The lowest BCUT2D eigenvalue weighted by atomic mass is 10.2. The third-order valence-electron chi connectivity index (χ3n) is 4.68. The summed E-state index contributed by atoms with van der Waals surface area (Å²) < 4.78 is 11.1. The summed E-state index contributed by atoms with van der Waals surface area (Å²) in [6.07, 6.45) is 2.90. The fraction of sp³-hybridized carbons (Fsp3) is 0.0400. The second kappa shape index (κ2) is 10.6. The van der Waals surface area contributed by atoms with E-state index in [0.29, 0.717) is 49.1 Å². The van der Waals surface area contributed by atoms with Crippen molar-refractivity contribution < 1.29 is 18.7 Å². The van der Waals surface area contributed by atoms with Crippen molar-refractivity contribution >= 4 is 63.8 Å². The summed E-state index contributed by atoms with van der Waals surface area (Å²) in [4.78, 5) is 25.3. The quantitative estimate of drug-likeness (QED) is 0.256. The molecule has 9 heteroatoms. The van der Waals surface area contributed by atoms with E-state index in [2.05, 4.69) is 10.6 Å². The fourth-order valence-electron chi connectivity index (χ4n) is 3.08. The second-order valence-corrected chi connectivity index (χ2v) is 8.79. The van der Waals surface area contributed by atoms with Crippen LogP contribution in [0.25, 0.3) is 17.4 Å². The Bertz CT molecular complexity index is 1360. The SMILES string of the molecule is COc1cc(NC(=O)/C=C/c2ccc(-c3ccc(Cl)cc3Cl)o2)ccc1NC(=O)c1cccs1. The molecule has 0 aliphatic heterocycles. The molecule has 2 aromatic carbocycles. The van der Waals surface area contributed by atoms with Gasteiger partial charge < -0.3 is 19.8 Å². The molecule has 6 nitrogen and oxygen atoms in total. The number of furan rings is 1. The lowest BCUT2D eigenvalue weighted by Crippen LogP contribution is -2.12. The zero-order valence-electron chi connectivity index (χ0n) is 17.8. The number of carbonyl (C=O) groups is 2. The largest absolute Gasteiger partial charge is 0.494 e. The van der Waals surface area contributed by atoms with Crippen LogP contribution >= 0.6 is 34.5 Å². The van der Waals surface area contributed by atoms with Crippen LogP contribution in [0, 0.1) is 0 Å². The lowest BCUT2D eigenvalue weighted by molar-refractivity contribution is -0.111. The number of amides is 2. The van der Waals surface area contributed by atoms with E-state index in [9.17, 15) is 9.59 Å². The number of anilines is 2. The highest BCUT2D eigenvalue weighted by Crippen LogP contribution is 2.32. The van der Waals surface area contributed by atoms with Gasteiger partial charge in [-0.05, 0) is 60.0 Å². The molecule has 0 saturated heterocycles. The van der Waals surface area contributed by atoms with Gasteiger partial charge in [0.15, 0.2) is 0 Å². The predicted molar refractivity (Wildman–Crippen MR) is 137 cm³/mol. The Labute approximate surface area is 209 Å². The third-order valence-corrected chi connectivity index (χ3v) is 6.10. The van der Waals surface area contributed by atoms with Gasteiger partial charge in [0.25, 0.3) is 5.91 Å². The van der Waals surface area contributed by atoms with E-state index in [1.165, 1.54) is 24.5 Å². The Hall–Kier alpha value is -3.52. The number of thiophene rings is 1. The minimum absolute atomic E-state index is 0.231. The van der Waals surface area contributed by atoms with Crippen LogP contribution in [0.2, 0.25) is 10.0 Å². The molecule has 0 aliphatic carbocycles. The van der Waals surface area contributed by atoms with Gasteiger partial charge in [-0.3, -0.25) is 9.59 Å². The summed E-state index contributed by atoms with van der Waals surface area (Å²) >= 11 is 13.5. The minimum atomic E-state index is -0.361. The maximum absolute atomic E-state index is 12.4. The van der Waals surface area contributed by atoms with Crippen molar-refractivity contribution in [3.8, 4) is 17.1 Å². The third kappa shape index (κ3) is 5.69. The first-order valence-corrected chi connectivity index (χ1v) is 11.6. The van der Waals surface area contributed by atoms with Gasteiger partial charge in [0, 0.05) is 28.4 Å². The first-order valence-electron chi connectivity index (χ1n) is 10.00. The number of carbonyl (C=O) groups excluding carboxylic acids is 2. The van der Waals surface area contributed by atoms with Crippen LogP contribution < -0.4 is 15.4 Å². The van der Waals surface area contributed by atoms with E-state index in [0.717, 1.165) is 0 Å². The highest BCUT2D eigenvalue weighted by Gasteiger charge is 2.12. The molecule has 0 spiro atoms. The average molecular weight is 513 g/mol. The van der Waals surface area contributed by atoms with Crippen LogP contribution in [-0.4, -0.2) is 18.9 Å². The fourth-order valence-corrected chi connectivity index (χ4v) is 4.20. The van der Waals surface area contributed by atoms with Crippen molar-refractivity contribution in [3.63, 3.8) is 0 Å². The molecule has 0 unspecified atom stereocenters. The molecule has 2 N–H and O–H groups in total. The van der Waals surface area contributed by atoms with Gasteiger partial charge in [0.05, 0.1) is 22.7 Å². The number of methoxy groups -OCH3 is 1. The Balaban J connectivity index is 1.41. The summed E-state index contributed by atoms with van der Waals surface area (Å²) in [5.74, 6) is 0.875.